The van der Waals surface area contributed by atoms with Gasteiger partial charge < -0.3 is 19.3 Å². The fraction of sp³-hybridized carbons (Fsp3) is 0.966. The van der Waals surface area contributed by atoms with Crippen molar-refractivity contribution in [3.05, 3.63) is 0 Å². The molecule has 4 aliphatic rings. The number of ether oxygens (including phenoxy) is 3. The lowest BCUT2D eigenvalue weighted by molar-refractivity contribution is -0.167. The van der Waals surface area contributed by atoms with Gasteiger partial charge in [0.05, 0.1) is 36.4 Å². The van der Waals surface area contributed by atoms with E-state index < -0.39 is 5.60 Å². The second-order valence-electron chi connectivity index (χ2n) is 13.1. The van der Waals surface area contributed by atoms with Crippen LogP contribution in [0.25, 0.3) is 0 Å². The van der Waals surface area contributed by atoms with Crippen molar-refractivity contribution < 1.29 is 24.1 Å². The number of fused-ring (bicyclic) bond motifs is 4. The first-order valence-corrected chi connectivity index (χ1v) is 14.2. The second-order valence-corrected chi connectivity index (χ2v) is 13.1. The minimum absolute atomic E-state index is 0.0247. The van der Waals surface area contributed by atoms with Gasteiger partial charge in [0.15, 0.2) is 0 Å². The highest BCUT2D eigenvalue weighted by atomic mass is 16.6. The third kappa shape index (κ3) is 5.37. The zero-order chi connectivity index (χ0) is 24.8. The third-order valence-electron chi connectivity index (χ3n) is 9.40. The normalized spacial score (nSPS) is 42.0. The van der Waals surface area contributed by atoms with E-state index in [-0.39, 0.29) is 48.3 Å². The van der Waals surface area contributed by atoms with Crippen molar-refractivity contribution in [3.63, 3.8) is 0 Å². The molecule has 11 atom stereocenters. The van der Waals surface area contributed by atoms with Crippen molar-refractivity contribution in [3.8, 4) is 0 Å². The molecule has 0 radical (unpaired) electrons. The van der Waals surface area contributed by atoms with Crippen LogP contribution < -0.4 is 0 Å². The van der Waals surface area contributed by atoms with Gasteiger partial charge in [-0.3, -0.25) is 4.79 Å². The van der Waals surface area contributed by atoms with E-state index in [0.29, 0.717) is 29.6 Å². The molecule has 0 aromatic rings. The monoisotopic (exact) mass is 478 g/mol. The molecule has 4 fully saturated rings. The Hall–Kier alpha value is -0.650. The van der Waals surface area contributed by atoms with E-state index >= 15 is 0 Å². The van der Waals surface area contributed by atoms with Crippen LogP contribution in [0.1, 0.15) is 99.8 Å². The molecule has 0 aromatic carbocycles. The van der Waals surface area contributed by atoms with Crippen molar-refractivity contribution in [2.45, 2.75) is 136 Å². The first-order valence-electron chi connectivity index (χ1n) is 14.2. The number of carbonyl (C=O) groups is 1. The van der Waals surface area contributed by atoms with Crippen LogP contribution in [-0.4, -0.2) is 47.2 Å². The molecular weight excluding hydrogens is 428 g/mol. The Morgan fingerprint density at radius 3 is 2.21 bits per heavy atom. The molecule has 0 aliphatic heterocycles. The minimum atomic E-state index is -0.442. The van der Waals surface area contributed by atoms with E-state index in [4.69, 9.17) is 14.2 Å². The second kappa shape index (κ2) is 10.4. The molecule has 0 amide bonds. The van der Waals surface area contributed by atoms with Gasteiger partial charge in [-0.15, -0.1) is 0 Å². The standard InChI is InChI=1S/C29H50O5/c1-8-19(33-26-20(9-2)18-14-24(26)25(30)15-18)10-11-21-17-12-22(27(21)32-16(3)4)23(13-17)28(31)34-29(5,6)7/h16-27,30H,8-15H2,1-7H3. The third-order valence-corrected chi connectivity index (χ3v) is 9.40. The smallest absolute Gasteiger partial charge is 0.309 e. The van der Waals surface area contributed by atoms with Crippen molar-refractivity contribution in [1.29, 1.82) is 0 Å². The average Bonchev–Trinajstić information content (AvgIpc) is 3.48. The Morgan fingerprint density at radius 2 is 1.59 bits per heavy atom. The van der Waals surface area contributed by atoms with Crippen LogP contribution in [0.4, 0.5) is 0 Å². The maximum atomic E-state index is 12.9. The summed E-state index contributed by atoms with van der Waals surface area (Å²) in [6, 6.07) is 0. The summed E-state index contributed by atoms with van der Waals surface area (Å²) in [5.74, 6) is 2.84. The Kier molecular flexibility index (Phi) is 8.06. The van der Waals surface area contributed by atoms with E-state index in [9.17, 15) is 9.90 Å². The minimum Gasteiger partial charge on any atom is -0.460 e. The molecule has 0 aromatic heterocycles. The molecule has 5 nitrogen and oxygen atoms in total. The summed E-state index contributed by atoms with van der Waals surface area (Å²) in [6.45, 7) is 14.6. The highest BCUT2D eigenvalue weighted by Gasteiger charge is 2.56. The number of hydrogen-bond acceptors (Lipinski definition) is 5. The SMILES string of the molecule is CCC(CCC1C2CC(C(=O)OC(C)(C)C)C(C2)C1OC(C)C)OC1C2CC(CC2O)C1CC. The summed E-state index contributed by atoms with van der Waals surface area (Å²) in [7, 11) is 0. The van der Waals surface area contributed by atoms with Crippen LogP contribution in [0.15, 0.2) is 0 Å². The molecule has 1 N–H and O–H groups in total. The van der Waals surface area contributed by atoms with Crippen molar-refractivity contribution >= 4 is 5.97 Å². The lowest BCUT2D eigenvalue weighted by Gasteiger charge is -2.38. The van der Waals surface area contributed by atoms with Crippen molar-refractivity contribution in [2.24, 2.45) is 41.4 Å². The van der Waals surface area contributed by atoms with E-state index in [1.54, 1.807) is 0 Å². The summed E-state index contributed by atoms with van der Waals surface area (Å²) in [5, 5.41) is 10.5. The lowest BCUT2D eigenvalue weighted by Crippen LogP contribution is -2.42. The Bertz CT molecular complexity index is 697. The number of esters is 1. The van der Waals surface area contributed by atoms with Gasteiger partial charge in [-0.25, -0.2) is 0 Å². The summed E-state index contributed by atoms with van der Waals surface area (Å²) < 4.78 is 19.0. The van der Waals surface area contributed by atoms with Crippen LogP contribution >= 0.6 is 0 Å². The highest BCUT2D eigenvalue weighted by molar-refractivity contribution is 5.74. The molecule has 0 heterocycles. The van der Waals surface area contributed by atoms with Gasteiger partial charge in [-0.05, 0) is 109 Å². The Balaban J connectivity index is 1.37. The predicted molar refractivity (Wildman–Crippen MR) is 133 cm³/mol. The van der Waals surface area contributed by atoms with Crippen molar-refractivity contribution in [2.75, 3.05) is 0 Å². The van der Waals surface area contributed by atoms with Gasteiger partial charge in [0.2, 0.25) is 0 Å². The van der Waals surface area contributed by atoms with E-state index in [1.165, 1.54) is 0 Å². The first kappa shape index (κ1) is 26.4. The van der Waals surface area contributed by atoms with E-state index in [2.05, 4.69) is 27.7 Å². The van der Waals surface area contributed by atoms with Crippen molar-refractivity contribution in [1.82, 2.24) is 0 Å². The van der Waals surface area contributed by atoms with Gasteiger partial charge in [0, 0.05) is 5.92 Å². The number of carbonyl (C=O) groups excluding carboxylic acids is 1. The van der Waals surface area contributed by atoms with Crippen LogP contribution in [0.3, 0.4) is 0 Å². The fourth-order valence-corrected chi connectivity index (χ4v) is 8.09. The Morgan fingerprint density at radius 1 is 0.941 bits per heavy atom. The van der Waals surface area contributed by atoms with Gasteiger partial charge in [0.1, 0.15) is 5.60 Å². The number of hydrogen-bond donors (Lipinski definition) is 1. The molecule has 4 aliphatic carbocycles. The molecule has 5 heteroatoms. The van der Waals surface area contributed by atoms with Crippen LogP contribution in [0.5, 0.6) is 0 Å². The molecule has 196 valence electrons. The van der Waals surface area contributed by atoms with Gasteiger partial charge in [-0.1, -0.05) is 20.3 Å². The summed E-state index contributed by atoms with van der Waals surface area (Å²) in [5.41, 5.74) is -0.442. The van der Waals surface area contributed by atoms with Gasteiger partial charge in [0.25, 0.3) is 0 Å². The summed E-state index contributed by atoms with van der Waals surface area (Å²) in [6.07, 6.45) is 9.03. The van der Waals surface area contributed by atoms with E-state index in [0.717, 1.165) is 51.4 Å². The molecule has 4 rings (SSSR count). The zero-order valence-corrected chi connectivity index (χ0v) is 22.7. The van der Waals surface area contributed by atoms with Gasteiger partial charge >= 0.3 is 5.97 Å². The summed E-state index contributed by atoms with van der Waals surface area (Å²) in [4.78, 5) is 12.9. The van der Waals surface area contributed by atoms with Crippen LogP contribution in [0, 0.1) is 41.4 Å². The molecule has 11 unspecified atom stereocenters. The quantitative estimate of drug-likeness (QED) is 0.404. The first-order chi connectivity index (χ1) is 16.0. The zero-order valence-electron chi connectivity index (χ0n) is 22.7. The predicted octanol–water partition coefficient (Wildman–Crippen LogP) is 5.76. The summed E-state index contributed by atoms with van der Waals surface area (Å²) >= 11 is 0. The largest absolute Gasteiger partial charge is 0.460 e. The molecular formula is C29H50O5. The molecule has 4 saturated carbocycles. The number of aliphatic hydroxyl groups is 1. The molecule has 4 bridgehead atoms. The van der Waals surface area contributed by atoms with E-state index in [1.807, 2.05) is 20.8 Å². The van der Waals surface area contributed by atoms with Crippen LogP contribution in [0.2, 0.25) is 0 Å². The average molecular weight is 479 g/mol. The highest BCUT2D eigenvalue weighted by Crippen LogP contribution is 2.56. The molecule has 0 saturated heterocycles. The molecule has 0 spiro atoms. The maximum Gasteiger partial charge on any atom is 0.309 e. The topological polar surface area (TPSA) is 65.0 Å². The lowest BCUT2D eigenvalue weighted by atomic mass is 9.77. The van der Waals surface area contributed by atoms with Crippen LogP contribution in [-0.2, 0) is 19.0 Å². The maximum absolute atomic E-state index is 12.9. The Labute approximate surface area is 207 Å². The number of aliphatic hydroxyl groups excluding tert-OH is 1. The molecule has 34 heavy (non-hydrogen) atoms. The fourth-order valence-electron chi connectivity index (χ4n) is 8.09. The van der Waals surface area contributed by atoms with Gasteiger partial charge in [-0.2, -0.15) is 0 Å². The number of rotatable bonds is 10.